The lowest BCUT2D eigenvalue weighted by molar-refractivity contribution is 0.0914. The lowest BCUT2D eigenvalue weighted by Crippen LogP contribution is -2.14. The molecule has 1 aliphatic rings. The highest BCUT2D eigenvalue weighted by molar-refractivity contribution is 5.98. The van der Waals surface area contributed by atoms with Gasteiger partial charge in [0.05, 0.1) is 5.56 Å². The van der Waals surface area contributed by atoms with E-state index >= 15 is 0 Å². The molecule has 0 bridgehead atoms. The molecule has 0 N–H and O–H groups in total. The molecular formula is C12H12F2O. The molecule has 1 nitrogen and oxygen atoms in total. The fraction of sp³-hybridized carbons (Fsp3) is 0.417. The smallest absolute Gasteiger partial charge is 0.171 e. The zero-order chi connectivity index (χ0) is 10.8. The SMILES string of the molecule is O=C(c1c(F)cccc1F)C1CCCC1. The van der Waals surface area contributed by atoms with E-state index in [4.69, 9.17) is 0 Å². The second-order valence-corrected chi connectivity index (χ2v) is 3.94. The molecule has 15 heavy (non-hydrogen) atoms. The summed E-state index contributed by atoms with van der Waals surface area (Å²) in [6.45, 7) is 0. The molecule has 0 aliphatic heterocycles. The third-order valence-corrected chi connectivity index (χ3v) is 2.94. The Bertz CT molecular complexity index is 361. The highest BCUT2D eigenvalue weighted by atomic mass is 19.1. The summed E-state index contributed by atoms with van der Waals surface area (Å²) >= 11 is 0. The molecule has 1 aliphatic carbocycles. The van der Waals surface area contributed by atoms with Gasteiger partial charge in [0.25, 0.3) is 0 Å². The van der Waals surface area contributed by atoms with Crippen LogP contribution in [0.1, 0.15) is 36.0 Å². The zero-order valence-corrected chi connectivity index (χ0v) is 8.30. The Labute approximate surface area is 87.1 Å². The minimum absolute atomic E-state index is 0.184. The molecule has 0 atom stereocenters. The Morgan fingerprint density at radius 1 is 1.13 bits per heavy atom. The first-order valence-corrected chi connectivity index (χ1v) is 5.18. The van der Waals surface area contributed by atoms with Crippen LogP contribution in [-0.2, 0) is 0 Å². The van der Waals surface area contributed by atoms with Crippen LogP contribution < -0.4 is 0 Å². The average molecular weight is 210 g/mol. The fourth-order valence-corrected chi connectivity index (χ4v) is 2.13. The molecule has 0 saturated heterocycles. The van der Waals surface area contributed by atoms with E-state index in [1.165, 1.54) is 6.07 Å². The van der Waals surface area contributed by atoms with Gasteiger partial charge in [0.2, 0.25) is 0 Å². The summed E-state index contributed by atoms with van der Waals surface area (Å²) < 4.78 is 26.6. The Morgan fingerprint density at radius 2 is 1.67 bits per heavy atom. The lowest BCUT2D eigenvalue weighted by Gasteiger charge is -2.09. The summed E-state index contributed by atoms with van der Waals surface area (Å²) in [6, 6.07) is 3.53. The first-order chi connectivity index (χ1) is 7.20. The standard InChI is InChI=1S/C12H12F2O/c13-9-6-3-7-10(14)11(9)12(15)8-4-1-2-5-8/h3,6-8H,1-2,4-5H2. The quantitative estimate of drug-likeness (QED) is 0.684. The maximum atomic E-state index is 13.3. The van der Waals surface area contributed by atoms with Crippen molar-refractivity contribution in [3.63, 3.8) is 0 Å². The van der Waals surface area contributed by atoms with Crippen LogP contribution in [0.3, 0.4) is 0 Å². The average Bonchev–Trinajstić information content (AvgIpc) is 2.69. The van der Waals surface area contributed by atoms with Crippen molar-refractivity contribution < 1.29 is 13.6 Å². The Hall–Kier alpha value is -1.25. The summed E-state index contributed by atoms with van der Waals surface area (Å²) in [5.74, 6) is -2.04. The Balaban J connectivity index is 2.32. The number of halogens is 2. The first-order valence-electron chi connectivity index (χ1n) is 5.18. The number of hydrogen-bond donors (Lipinski definition) is 0. The van der Waals surface area contributed by atoms with Gasteiger partial charge >= 0.3 is 0 Å². The fourth-order valence-electron chi connectivity index (χ4n) is 2.13. The van der Waals surface area contributed by atoms with E-state index in [1.807, 2.05) is 0 Å². The monoisotopic (exact) mass is 210 g/mol. The van der Waals surface area contributed by atoms with Crippen LogP contribution in [0, 0.1) is 17.6 Å². The third-order valence-electron chi connectivity index (χ3n) is 2.94. The first kappa shape index (κ1) is 10.3. The lowest BCUT2D eigenvalue weighted by atomic mass is 9.95. The number of hydrogen-bond acceptors (Lipinski definition) is 1. The van der Waals surface area contributed by atoms with E-state index in [9.17, 15) is 13.6 Å². The van der Waals surface area contributed by atoms with Crippen molar-refractivity contribution in [2.45, 2.75) is 25.7 Å². The van der Waals surface area contributed by atoms with Crippen LogP contribution in [0.15, 0.2) is 18.2 Å². The molecule has 0 amide bonds. The number of rotatable bonds is 2. The van der Waals surface area contributed by atoms with Crippen LogP contribution in [0.2, 0.25) is 0 Å². The minimum atomic E-state index is -0.744. The molecular weight excluding hydrogens is 198 g/mol. The van der Waals surface area contributed by atoms with Crippen LogP contribution in [-0.4, -0.2) is 5.78 Å². The Morgan fingerprint density at radius 3 is 2.20 bits per heavy atom. The van der Waals surface area contributed by atoms with Gasteiger partial charge in [-0.05, 0) is 25.0 Å². The number of carbonyl (C=O) groups is 1. The van der Waals surface area contributed by atoms with Crippen molar-refractivity contribution in [3.05, 3.63) is 35.4 Å². The topological polar surface area (TPSA) is 17.1 Å². The maximum absolute atomic E-state index is 13.3. The summed E-state index contributed by atoms with van der Waals surface area (Å²) in [5, 5.41) is 0. The van der Waals surface area contributed by atoms with E-state index in [0.29, 0.717) is 0 Å². The van der Waals surface area contributed by atoms with Gasteiger partial charge in [0, 0.05) is 5.92 Å². The molecule has 0 radical (unpaired) electrons. The van der Waals surface area contributed by atoms with E-state index < -0.39 is 11.6 Å². The van der Waals surface area contributed by atoms with Crippen LogP contribution in [0.5, 0.6) is 0 Å². The molecule has 3 heteroatoms. The van der Waals surface area contributed by atoms with Gasteiger partial charge < -0.3 is 0 Å². The molecule has 0 spiro atoms. The highest BCUT2D eigenvalue weighted by Gasteiger charge is 2.27. The molecule has 0 heterocycles. The van der Waals surface area contributed by atoms with Crippen molar-refractivity contribution in [1.29, 1.82) is 0 Å². The molecule has 80 valence electrons. The molecule has 1 saturated carbocycles. The van der Waals surface area contributed by atoms with Crippen molar-refractivity contribution in [1.82, 2.24) is 0 Å². The van der Waals surface area contributed by atoms with Gasteiger partial charge in [-0.2, -0.15) is 0 Å². The predicted molar refractivity (Wildman–Crippen MR) is 52.6 cm³/mol. The number of benzene rings is 1. The summed E-state index contributed by atoms with van der Waals surface area (Å²) in [4.78, 5) is 11.8. The van der Waals surface area contributed by atoms with Crippen molar-refractivity contribution in [2.24, 2.45) is 5.92 Å². The van der Waals surface area contributed by atoms with E-state index in [-0.39, 0.29) is 17.3 Å². The highest BCUT2D eigenvalue weighted by Crippen LogP contribution is 2.29. The minimum Gasteiger partial charge on any atom is -0.294 e. The zero-order valence-electron chi connectivity index (χ0n) is 8.30. The largest absolute Gasteiger partial charge is 0.294 e. The van der Waals surface area contributed by atoms with E-state index in [1.54, 1.807) is 0 Å². The second kappa shape index (κ2) is 4.09. The van der Waals surface area contributed by atoms with Crippen molar-refractivity contribution in [3.8, 4) is 0 Å². The van der Waals surface area contributed by atoms with Crippen LogP contribution in [0.25, 0.3) is 0 Å². The van der Waals surface area contributed by atoms with Gasteiger partial charge in [-0.1, -0.05) is 18.9 Å². The molecule has 1 aromatic carbocycles. The van der Waals surface area contributed by atoms with Gasteiger partial charge in [-0.3, -0.25) is 4.79 Å². The van der Waals surface area contributed by atoms with Gasteiger partial charge in [-0.25, -0.2) is 8.78 Å². The van der Waals surface area contributed by atoms with Crippen molar-refractivity contribution in [2.75, 3.05) is 0 Å². The van der Waals surface area contributed by atoms with Gasteiger partial charge in [0.1, 0.15) is 11.6 Å². The maximum Gasteiger partial charge on any atom is 0.171 e. The Kier molecular flexibility index (Phi) is 2.80. The summed E-state index contributed by atoms with van der Waals surface area (Å²) in [7, 11) is 0. The van der Waals surface area contributed by atoms with E-state index in [2.05, 4.69) is 0 Å². The van der Waals surface area contributed by atoms with Crippen molar-refractivity contribution >= 4 is 5.78 Å². The number of ketones is 1. The van der Waals surface area contributed by atoms with Gasteiger partial charge in [0.15, 0.2) is 5.78 Å². The summed E-state index contributed by atoms with van der Waals surface area (Å²) in [5.41, 5.74) is -0.357. The second-order valence-electron chi connectivity index (χ2n) is 3.94. The third kappa shape index (κ3) is 1.91. The normalized spacial score (nSPS) is 16.9. The predicted octanol–water partition coefficient (Wildman–Crippen LogP) is 3.34. The number of Topliss-reactive ketones (excluding diaryl/α,β-unsaturated/α-hetero) is 1. The molecule has 0 aromatic heterocycles. The molecule has 1 fully saturated rings. The molecule has 2 rings (SSSR count). The van der Waals surface area contributed by atoms with E-state index in [0.717, 1.165) is 37.8 Å². The molecule has 0 unspecified atom stereocenters. The van der Waals surface area contributed by atoms with Gasteiger partial charge in [-0.15, -0.1) is 0 Å². The van der Waals surface area contributed by atoms with Crippen LogP contribution in [0.4, 0.5) is 8.78 Å². The van der Waals surface area contributed by atoms with Crippen LogP contribution >= 0.6 is 0 Å². The molecule has 1 aromatic rings. The summed E-state index contributed by atoms with van der Waals surface area (Å²) in [6.07, 6.45) is 3.47. The number of carbonyl (C=O) groups excluding carboxylic acids is 1.